The van der Waals surface area contributed by atoms with Crippen molar-refractivity contribution in [3.05, 3.63) is 35.6 Å². The molecule has 0 radical (unpaired) electrons. The predicted octanol–water partition coefficient (Wildman–Crippen LogP) is 2.50. The molecule has 0 atom stereocenters. The van der Waals surface area contributed by atoms with Crippen molar-refractivity contribution >= 4 is 12.0 Å². The number of benzene rings is 1. The van der Waals surface area contributed by atoms with Crippen molar-refractivity contribution in [2.24, 2.45) is 0 Å². The highest BCUT2D eigenvalue weighted by molar-refractivity contribution is 5.91. The fourth-order valence-electron chi connectivity index (χ4n) is 2.42. The monoisotopic (exact) mass is 322 g/mol. The van der Waals surface area contributed by atoms with E-state index >= 15 is 0 Å². The molecule has 0 aliphatic heterocycles. The molecule has 1 aromatic carbocycles. The molecule has 1 aliphatic rings. The van der Waals surface area contributed by atoms with Crippen LogP contribution in [-0.4, -0.2) is 30.7 Å². The topological polar surface area (TPSA) is 67.4 Å². The SMILES string of the molecule is CC(C)(C)OC(=O)NCCNC(=O)C1(c2ccccc2F)CC1. The molecule has 0 spiro atoms. The van der Waals surface area contributed by atoms with Gasteiger partial charge in [0.05, 0.1) is 5.41 Å². The normalized spacial score (nSPS) is 15.7. The van der Waals surface area contributed by atoms with E-state index < -0.39 is 17.1 Å². The van der Waals surface area contributed by atoms with Gasteiger partial charge in [0, 0.05) is 18.7 Å². The van der Waals surface area contributed by atoms with E-state index in [0.717, 1.165) is 0 Å². The van der Waals surface area contributed by atoms with E-state index in [-0.39, 0.29) is 24.8 Å². The molecule has 0 unspecified atom stereocenters. The van der Waals surface area contributed by atoms with Crippen LogP contribution in [0.5, 0.6) is 0 Å². The Bertz CT molecular complexity index is 592. The maximum Gasteiger partial charge on any atom is 0.407 e. The Labute approximate surface area is 135 Å². The van der Waals surface area contributed by atoms with E-state index in [1.165, 1.54) is 6.07 Å². The Morgan fingerprint density at radius 3 is 2.35 bits per heavy atom. The minimum atomic E-state index is -0.753. The first-order valence-electron chi connectivity index (χ1n) is 7.75. The molecule has 126 valence electrons. The van der Waals surface area contributed by atoms with E-state index in [2.05, 4.69) is 10.6 Å². The van der Waals surface area contributed by atoms with E-state index in [1.807, 2.05) is 0 Å². The van der Waals surface area contributed by atoms with Crippen molar-refractivity contribution < 1.29 is 18.7 Å². The smallest absolute Gasteiger partial charge is 0.407 e. The van der Waals surface area contributed by atoms with E-state index in [4.69, 9.17) is 4.74 Å². The third-order valence-electron chi connectivity index (χ3n) is 3.65. The van der Waals surface area contributed by atoms with Gasteiger partial charge in [0.15, 0.2) is 0 Å². The first kappa shape index (κ1) is 17.2. The van der Waals surface area contributed by atoms with Gasteiger partial charge in [0.2, 0.25) is 5.91 Å². The molecule has 23 heavy (non-hydrogen) atoms. The summed E-state index contributed by atoms with van der Waals surface area (Å²) in [7, 11) is 0. The molecule has 1 aromatic rings. The largest absolute Gasteiger partial charge is 0.444 e. The lowest BCUT2D eigenvalue weighted by molar-refractivity contribution is -0.123. The fraction of sp³-hybridized carbons (Fsp3) is 0.529. The second kappa shape index (κ2) is 6.56. The molecule has 1 fully saturated rings. The molecule has 1 aliphatic carbocycles. The zero-order valence-corrected chi connectivity index (χ0v) is 13.7. The van der Waals surface area contributed by atoms with Crippen LogP contribution in [0.15, 0.2) is 24.3 Å². The van der Waals surface area contributed by atoms with Gasteiger partial charge in [-0.25, -0.2) is 9.18 Å². The average molecular weight is 322 g/mol. The molecule has 0 bridgehead atoms. The average Bonchev–Trinajstić information content (AvgIpc) is 3.23. The molecule has 0 aromatic heterocycles. The summed E-state index contributed by atoms with van der Waals surface area (Å²) in [5, 5.41) is 5.32. The second-order valence-electron chi connectivity index (χ2n) is 6.75. The highest BCUT2D eigenvalue weighted by Gasteiger charge is 2.52. The number of carbonyl (C=O) groups excluding carboxylic acids is 2. The van der Waals surface area contributed by atoms with Crippen LogP contribution < -0.4 is 10.6 Å². The predicted molar refractivity (Wildman–Crippen MR) is 84.6 cm³/mol. The lowest BCUT2D eigenvalue weighted by atomic mass is 9.94. The highest BCUT2D eigenvalue weighted by Crippen LogP contribution is 2.49. The van der Waals surface area contributed by atoms with Gasteiger partial charge in [0.1, 0.15) is 11.4 Å². The number of halogens is 1. The Morgan fingerprint density at radius 1 is 1.17 bits per heavy atom. The Kier molecular flexibility index (Phi) is 4.92. The Morgan fingerprint density at radius 2 is 1.78 bits per heavy atom. The van der Waals surface area contributed by atoms with E-state index in [0.29, 0.717) is 18.4 Å². The molecular formula is C17H23FN2O3. The van der Waals surface area contributed by atoms with Crippen LogP contribution in [0.2, 0.25) is 0 Å². The standard InChI is InChI=1S/C17H23FN2O3/c1-16(2,3)23-15(22)20-11-10-19-14(21)17(8-9-17)12-6-4-5-7-13(12)18/h4-7H,8-11H2,1-3H3,(H,19,21)(H,20,22). The summed E-state index contributed by atoms with van der Waals surface area (Å²) in [6.07, 6.45) is 0.750. The molecule has 6 heteroatoms. The molecule has 0 saturated heterocycles. The van der Waals surface area contributed by atoms with Crippen LogP contribution in [0.4, 0.5) is 9.18 Å². The van der Waals surface area contributed by atoms with Crippen molar-refractivity contribution in [1.82, 2.24) is 10.6 Å². The number of amides is 2. The number of ether oxygens (including phenoxy) is 1. The van der Waals surface area contributed by atoms with Crippen LogP contribution in [0, 0.1) is 5.82 Å². The van der Waals surface area contributed by atoms with E-state index in [1.54, 1.807) is 39.0 Å². The molecule has 2 amide bonds. The summed E-state index contributed by atoms with van der Waals surface area (Å²) in [5.74, 6) is -0.555. The van der Waals surface area contributed by atoms with Gasteiger partial charge in [-0.3, -0.25) is 4.79 Å². The lowest BCUT2D eigenvalue weighted by Gasteiger charge is -2.20. The first-order chi connectivity index (χ1) is 10.7. The van der Waals surface area contributed by atoms with Gasteiger partial charge in [0.25, 0.3) is 0 Å². The number of alkyl carbamates (subject to hydrolysis) is 1. The third-order valence-corrected chi connectivity index (χ3v) is 3.65. The number of nitrogens with one attached hydrogen (secondary N) is 2. The van der Waals surface area contributed by atoms with Gasteiger partial charge < -0.3 is 15.4 Å². The minimum absolute atomic E-state index is 0.200. The summed E-state index contributed by atoms with van der Waals surface area (Å²) in [6, 6.07) is 6.36. The Balaban J connectivity index is 1.80. The minimum Gasteiger partial charge on any atom is -0.444 e. The summed E-state index contributed by atoms with van der Waals surface area (Å²) in [5.41, 5.74) is -0.870. The molecule has 1 saturated carbocycles. The maximum absolute atomic E-state index is 13.9. The number of carbonyl (C=O) groups is 2. The van der Waals surface area contributed by atoms with Crippen molar-refractivity contribution in [2.45, 2.75) is 44.6 Å². The van der Waals surface area contributed by atoms with Gasteiger partial charge >= 0.3 is 6.09 Å². The van der Waals surface area contributed by atoms with Gasteiger partial charge in [-0.05, 0) is 39.7 Å². The van der Waals surface area contributed by atoms with E-state index in [9.17, 15) is 14.0 Å². The quantitative estimate of drug-likeness (QED) is 0.819. The number of hydrogen-bond donors (Lipinski definition) is 2. The fourth-order valence-corrected chi connectivity index (χ4v) is 2.42. The molecule has 0 heterocycles. The maximum atomic E-state index is 13.9. The summed E-state index contributed by atoms with van der Waals surface area (Å²) in [4.78, 5) is 23.8. The van der Waals surface area contributed by atoms with Crippen molar-refractivity contribution in [2.75, 3.05) is 13.1 Å². The van der Waals surface area contributed by atoms with Crippen molar-refractivity contribution in [1.29, 1.82) is 0 Å². The number of rotatable bonds is 5. The summed E-state index contributed by atoms with van der Waals surface area (Å²) >= 11 is 0. The molecular weight excluding hydrogens is 299 g/mol. The highest BCUT2D eigenvalue weighted by atomic mass is 19.1. The summed E-state index contributed by atoms with van der Waals surface area (Å²) < 4.78 is 19.0. The van der Waals surface area contributed by atoms with Gasteiger partial charge in [-0.15, -0.1) is 0 Å². The van der Waals surface area contributed by atoms with Crippen LogP contribution in [0.1, 0.15) is 39.2 Å². The van der Waals surface area contributed by atoms with Crippen molar-refractivity contribution in [3.8, 4) is 0 Å². The van der Waals surface area contributed by atoms with Crippen LogP contribution >= 0.6 is 0 Å². The lowest BCUT2D eigenvalue weighted by Crippen LogP contribution is -2.41. The van der Waals surface area contributed by atoms with Gasteiger partial charge in [-0.1, -0.05) is 18.2 Å². The zero-order chi connectivity index (χ0) is 17.1. The summed E-state index contributed by atoms with van der Waals surface area (Å²) in [6.45, 7) is 5.86. The van der Waals surface area contributed by atoms with Crippen molar-refractivity contribution in [3.63, 3.8) is 0 Å². The van der Waals surface area contributed by atoms with Gasteiger partial charge in [-0.2, -0.15) is 0 Å². The Hall–Kier alpha value is -2.11. The first-order valence-corrected chi connectivity index (χ1v) is 7.75. The van der Waals surface area contributed by atoms with Crippen LogP contribution in [0.25, 0.3) is 0 Å². The zero-order valence-electron chi connectivity index (χ0n) is 13.7. The third kappa shape index (κ3) is 4.43. The van der Waals surface area contributed by atoms with Crippen LogP contribution in [-0.2, 0) is 14.9 Å². The molecule has 2 rings (SSSR count). The molecule has 2 N–H and O–H groups in total. The number of hydrogen-bond acceptors (Lipinski definition) is 3. The molecule has 5 nitrogen and oxygen atoms in total. The van der Waals surface area contributed by atoms with Crippen LogP contribution in [0.3, 0.4) is 0 Å². The second-order valence-corrected chi connectivity index (χ2v) is 6.75.